The first-order valence-corrected chi connectivity index (χ1v) is 19.6. The van der Waals surface area contributed by atoms with E-state index in [0.29, 0.717) is 59.4 Å². The molecule has 0 heterocycles. The summed E-state index contributed by atoms with van der Waals surface area (Å²) in [4.78, 5) is 21.4. The van der Waals surface area contributed by atoms with Crippen molar-refractivity contribution in [2.75, 3.05) is 17.2 Å². The van der Waals surface area contributed by atoms with Crippen LogP contribution in [0.3, 0.4) is 0 Å². The molecule has 1 unspecified atom stereocenters. The van der Waals surface area contributed by atoms with Gasteiger partial charge in [0, 0.05) is 47.9 Å². The summed E-state index contributed by atoms with van der Waals surface area (Å²) in [5, 5.41) is 24.0. The summed E-state index contributed by atoms with van der Waals surface area (Å²) in [6, 6.07) is 17.3. The third kappa shape index (κ3) is 14.0. The zero-order chi connectivity index (χ0) is 38.4. The number of carboxylic acids is 2. The highest BCUT2D eigenvalue weighted by Gasteiger charge is 2.14. The summed E-state index contributed by atoms with van der Waals surface area (Å²) in [5.74, 6) is -1.24. The first kappa shape index (κ1) is 43.2. The van der Waals surface area contributed by atoms with Gasteiger partial charge in [0.25, 0.3) is 0 Å². The molecule has 4 aromatic carbocycles. The zero-order valence-corrected chi connectivity index (χ0v) is 35.1. The number of hydrogen-bond acceptors (Lipinski definition) is 6. The predicted octanol–water partition coefficient (Wildman–Crippen LogP) is 11.5. The molecule has 0 saturated carbocycles. The SMILES string of the molecule is CCC(C)Nc1ccc(F)c(COc2c(Br)cc(CCC(=O)O)cc2Br)c1.CCNc1ccc(F)c(COc2c(Br)cc(CCC(=O)O)cc2Br)c1. The van der Waals surface area contributed by atoms with E-state index in [1.54, 1.807) is 24.3 Å². The molecule has 0 radical (unpaired) electrons. The standard InChI is InChI=1S/C20H22Br2FNO3.C18H18Br2FNO3/c1-3-12(2)24-15-5-6-18(23)14(10-15)11-27-20-16(21)8-13(9-17(20)22)4-7-19(25)26;1-2-22-13-4-5-16(21)12(9-13)10-25-18-14(19)7-11(8-15(18)20)3-6-17(23)24/h5-6,8-10,12,24H,3-4,7,11H2,1-2H3,(H,25,26);4-5,7-9,22H,2-3,6,10H2,1H3,(H,23,24). The minimum absolute atomic E-state index is 0.0558. The van der Waals surface area contributed by atoms with Crippen molar-refractivity contribution >= 4 is 87.0 Å². The van der Waals surface area contributed by atoms with Crippen LogP contribution in [0.25, 0.3) is 0 Å². The number of halogens is 6. The lowest BCUT2D eigenvalue weighted by molar-refractivity contribution is -0.138. The molecule has 8 nitrogen and oxygen atoms in total. The van der Waals surface area contributed by atoms with Crippen molar-refractivity contribution in [2.45, 2.75) is 72.1 Å². The predicted molar refractivity (Wildman–Crippen MR) is 215 cm³/mol. The van der Waals surface area contributed by atoms with Crippen molar-refractivity contribution in [3.8, 4) is 11.5 Å². The second-order valence-electron chi connectivity index (χ2n) is 11.7. The second kappa shape index (κ2) is 21.5. The van der Waals surface area contributed by atoms with Gasteiger partial charge in [-0.25, -0.2) is 8.78 Å². The van der Waals surface area contributed by atoms with Crippen LogP contribution in [-0.2, 0) is 35.6 Å². The monoisotopic (exact) mass is 974 g/mol. The molecule has 280 valence electrons. The number of carboxylic acid groups (broad SMARTS) is 2. The highest BCUT2D eigenvalue weighted by atomic mass is 79.9. The topological polar surface area (TPSA) is 117 Å². The number of benzene rings is 4. The number of rotatable bonds is 17. The van der Waals surface area contributed by atoms with Crippen LogP contribution < -0.4 is 20.1 Å². The first-order valence-electron chi connectivity index (χ1n) is 16.4. The number of nitrogens with one attached hydrogen (secondary N) is 2. The number of hydrogen-bond donors (Lipinski definition) is 4. The maximum atomic E-state index is 14.1. The van der Waals surface area contributed by atoms with Crippen LogP contribution in [0.2, 0.25) is 0 Å². The molecule has 0 amide bonds. The van der Waals surface area contributed by atoms with Gasteiger partial charge in [0.1, 0.15) is 36.3 Å². The van der Waals surface area contributed by atoms with E-state index in [9.17, 15) is 18.4 Å². The highest BCUT2D eigenvalue weighted by Crippen LogP contribution is 2.37. The van der Waals surface area contributed by atoms with Crippen LogP contribution in [0.4, 0.5) is 20.2 Å². The van der Waals surface area contributed by atoms with E-state index < -0.39 is 11.9 Å². The molecule has 4 rings (SSSR count). The van der Waals surface area contributed by atoms with E-state index in [1.807, 2.05) is 31.2 Å². The molecule has 0 spiro atoms. The normalized spacial score (nSPS) is 11.2. The maximum Gasteiger partial charge on any atom is 0.303 e. The molecule has 0 aliphatic heterocycles. The Morgan fingerprint density at radius 3 is 1.48 bits per heavy atom. The van der Waals surface area contributed by atoms with Crippen LogP contribution in [0.1, 0.15) is 62.3 Å². The Balaban J connectivity index is 0.000000281. The maximum absolute atomic E-state index is 14.1. The lowest BCUT2D eigenvalue weighted by atomic mass is 10.1. The molecular formula is C38H40Br4F2N2O6. The van der Waals surface area contributed by atoms with Gasteiger partial charge in [0.05, 0.1) is 17.9 Å². The smallest absolute Gasteiger partial charge is 0.303 e. The molecule has 0 aromatic heterocycles. The van der Waals surface area contributed by atoms with Gasteiger partial charge >= 0.3 is 11.9 Å². The highest BCUT2D eigenvalue weighted by molar-refractivity contribution is 9.11. The minimum atomic E-state index is -0.844. The molecule has 0 aliphatic rings. The Hall–Kier alpha value is -3.20. The van der Waals surface area contributed by atoms with Crippen molar-refractivity contribution in [3.05, 3.63) is 112 Å². The van der Waals surface area contributed by atoms with Crippen LogP contribution in [0.15, 0.2) is 78.6 Å². The lowest BCUT2D eigenvalue weighted by Gasteiger charge is -2.16. The van der Waals surface area contributed by atoms with E-state index in [0.717, 1.165) is 35.5 Å². The van der Waals surface area contributed by atoms with Crippen molar-refractivity contribution in [1.29, 1.82) is 0 Å². The molecule has 0 saturated heterocycles. The minimum Gasteiger partial charge on any atom is -0.486 e. The lowest BCUT2D eigenvalue weighted by Crippen LogP contribution is -2.13. The van der Waals surface area contributed by atoms with E-state index >= 15 is 0 Å². The van der Waals surface area contributed by atoms with Gasteiger partial charge in [0.15, 0.2) is 0 Å². The summed E-state index contributed by atoms with van der Waals surface area (Å²) in [7, 11) is 0. The summed E-state index contributed by atoms with van der Waals surface area (Å²) >= 11 is 13.7. The number of carbonyl (C=O) groups is 2. The van der Waals surface area contributed by atoms with Gasteiger partial charge in [0.2, 0.25) is 0 Å². The Labute approximate surface area is 336 Å². The Morgan fingerprint density at radius 2 is 1.10 bits per heavy atom. The fraction of sp³-hybridized carbons (Fsp3) is 0.316. The zero-order valence-electron chi connectivity index (χ0n) is 28.8. The van der Waals surface area contributed by atoms with Crippen molar-refractivity contribution in [1.82, 2.24) is 0 Å². The molecule has 0 fully saturated rings. The summed E-state index contributed by atoms with van der Waals surface area (Å²) in [6.45, 7) is 7.03. The van der Waals surface area contributed by atoms with Gasteiger partial charge in [-0.2, -0.15) is 0 Å². The van der Waals surface area contributed by atoms with Crippen LogP contribution in [0, 0.1) is 11.6 Å². The summed E-state index contributed by atoms with van der Waals surface area (Å²) in [6.07, 6.45) is 1.93. The number of ether oxygens (including phenoxy) is 2. The Kier molecular flexibility index (Phi) is 17.9. The van der Waals surface area contributed by atoms with E-state index in [-0.39, 0.29) is 37.7 Å². The van der Waals surface area contributed by atoms with Crippen LogP contribution in [0.5, 0.6) is 11.5 Å². The van der Waals surface area contributed by atoms with Crippen molar-refractivity contribution in [3.63, 3.8) is 0 Å². The third-order valence-electron chi connectivity index (χ3n) is 7.61. The van der Waals surface area contributed by atoms with E-state index in [4.69, 9.17) is 19.7 Å². The summed E-state index contributed by atoms with van der Waals surface area (Å²) in [5.41, 5.74) is 4.34. The molecule has 0 bridgehead atoms. The van der Waals surface area contributed by atoms with E-state index in [1.165, 1.54) is 12.1 Å². The van der Waals surface area contributed by atoms with Gasteiger partial charge in [-0.05, 0) is 169 Å². The molecule has 4 N–H and O–H groups in total. The molecular weight excluding hydrogens is 938 g/mol. The van der Waals surface area contributed by atoms with Gasteiger partial charge in [-0.1, -0.05) is 6.92 Å². The fourth-order valence-electron chi connectivity index (χ4n) is 4.75. The van der Waals surface area contributed by atoms with Crippen LogP contribution >= 0.6 is 63.7 Å². The quantitative estimate of drug-likeness (QED) is 0.0827. The second-order valence-corrected chi connectivity index (χ2v) is 15.2. The Morgan fingerprint density at radius 1 is 0.692 bits per heavy atom. The van der Waals surface area contributed by atoms with Gasteiger partial charge in [-0.3, -0.25) is 9.59 Å². The number of anilines is 2. The Bertz CT molecular complexity index is 1800. The number of aryl methyl sites for hydroxylation is 2. The largest absolute Gasteiger partial charge is 0.486 e. The average Bonchev–Trinajstić information content (AvgIpc) is 3.08. The molecule has 14 heteroatoms. The molecule has 0 aliphatic carbocycles. The summed E-state index contributed by atoms with van der Waals surface area (Å²) < 4.78 is 42.5. The fourth-order valence-corrected chi connectivity index (χ4v) is 7.77. The van der Waals surface area contributed by atoms with Crippen molar-refractivity contribution in [2.24, 2.45) is 0 Å². The van der Waals surface area contributed by atoms with E-state index in [2.05, 4.69) is 88.2 Å². The molecule has 1 atom stereocenters. The molecule has 4 aromatic rings. The third-order valence-corrected chi connectivity index (χ3v) is 9.97. The average molecular weight is 978 g/mol. The molecule has 52 heavy (non-hydrogen) atoms. The van der Waals surface area contributed by atoms with Crippen molar-refractivity contribution < 1.29 is 38.1 Å². The first-order chi connectivity index (χ1) is 24.7. The number of aliphatic carboxylic acids is 2. The van der Waals surface area contributed by atoms with Gasteiger partial charge in [-0.15, -0.1) is 0 Å². The van der Waals surface area contributed by atoms with Gasteiger partial charge < -0.3 is 30.3 Å². The van der Waals surface area contributed by atoms with Crippen LogP contribution in [-0.4, -0.2) is 34.7 Å².